The number of allylic oxidation sites excluding steroid dienone is 1. The number of carbonyl (C=O) groups excluding carboxylic acids is 2. The Morgan fingerprint density at radius 2 is 2.19 bits per heavy atom. The molecule has 2 aromatic rings. The van der Waals surface area contributed by atoms with E-state index in [2.05, 4.69) is 16.7 Å². The van der Waals surface area contributed by atoms with Gasteiger partial charge in [-0.05, 0) is 37.1 Å². The Bertz CT molecular complexity index is 743. The smallest absolute Gasteiger partial charge is 0.251 e. The van der Waals surface area contributed by atoms with Gasteiger partial charge in [0.1, 0.15) is 11.3 Å². The van der Waals surface area contributed by atoms with Crippen LogP contribution in [0.4, 0.5) is 0 Å². The maximum atomic E-state index is 12.1. The first-order valence-corrected chi connectivity index (χ1v) is 6.90. The van der Waals surface area contributed by atoms with Crippen LogP contribution in [0.1, 0.15) is 28.1 Å². The zero-order valence-electron chi connectivity index (χ0n) is 11.7. The summed E-state index contributed by atoms with van der Waals surface area (Å²) in [5.74, 6) is 0.385. The monoisotopic (exact) mass is 284 g/mol. The van der Waals surface area contributed by atoms with Crippen LogP contribution in [0.5, 0.6) is 0 Å². The van der Waals surface area contributed by atoms with Crippen LogP contribution in [0.25, 0.3) is 17.0 Å². The third kappa shape index (κ3) is 2.54. The van der Waals surface area contributed by atoms with Crippen molar-refractivity contribution in [2.75, 3.05) is 13.6 Å². The predicted molar refractivity (Wildman–Crippen MR) is 80.0 cm³/mol. The van der Waals surface area contributed by atoms with E-state index in [-0.39, 0.29) is 18.4 Å². The molecule has 1 aliphatic carbocycles. The van der Waals surface area contributed by atoms with Crippen LogP contribution in [0.2, 0.25) is 0 Å². The fourth-order valence-electron chi connectivity index (χ4n) is 2.47. The SMILES string of the molecule is CNC(=O)CNC(=O)c1ccc2oc3c(c2c1)CCC=C3. The molecular formula is C16H16N2O3. The number of benzene rings is 1. The van der Waals surface area contributed by atoms with Gasteiger partial charge >= 0.3 is 0 Å². The molecule has 5 heteroatoms. The van der Waals surface area contributed by atoms with Crippen molar-refractivity contribution in [3.8, 4) is 0 Å². The molecule has 0 atom stereocenters. The van der Waals surface area contributed by atoms with Crippen LogP contribution in [0.3, 0.4) is 0 Å². The Morgan fingerprint density at radius 1 is 1.33 bits per heavy atom. The molecule has 0 unspecified atom stereocenters. The second-order valence-electron chi connectivity index (χ2n) is 4.95. The van der Waals surface area contributed by atoms with Crippen LogP contribution >= 0.6 is 0 Å². The van der Waals surface area contributed by atoms with Crippen LogP contribution in [-0.4, -0.2) is 25.4 Å². The molecule has 2 amide bonds. The zero-order chi connectivity index (χ0) is 14.8. The number of carbonyl (C=O) groups is 2. The number of amides is 2. The fourth-order valence-corrected chi connectivity index (χ4v) is 2.47. The van der Waals surface area contributed by atoms with Gasteiger partial charge in [-0.2, -0.15) is 0 Å². The molecule has 0 spiro atoms. The molecule has 0 fully saturated rings. The van der Waals surface area contributed by atoms with Crippen LogP contribution < -0.4 is 10.6 Å². The van der Waals surface area contributed by atoms with E-state index < -0.39 is 0 Å². The van der Waals surface area contributed by atoms with Gasteiger partial charge in [-0.3, -0.25) is 9.59 Å². The van der Waals surface area contributed by atoms with E-state index >= 15 is 0 Å². The van der Waals surface area contributed by atoms with Gasteiger partial charge in [0.2, 0.25) is 5.91 Å². The average molecular weight is 284 g/mol. The lowest BCUT2D eigenvalue weighted by Crippen LogP contribution is -2.35. The maximum Gasteiger partial charge on any atom is 0.251 e. The van der Waals surface area contributed by atoms with E-state index in [0.29, 0.717) is 5.56 Å². The van der Waals surface area contributed by atoms with Crippen molar-refractivity contribution in [1.82, 2.24) is 10.6 Å². The Kier molecular flexibility index (Phi) is 3.48. The first kappa shape index (κ1) is 13.4. The first-order valence-electron chi connectivity index (χ1n) is 6.90. The highest BCUT2D eigenvalue weighted by Crippen LogP contribution is 2.31. The minimum Gasteiger partial charge on any atom is -0.456 e. The van der Waals surface area contributed by atoms with E-state index in [0.717, 1.165) is 35.1 Å². The minimum atomic E-state index is -0.262. The quantitative estimate of drug-likeness (QED) is 0.903. The van der Waals surface area contributed by atoms with Crippen LogP contribution in [0, 0.1) is 0 Å². The van der Waals surface area contributed by atoms with Crippen molar-refractivity contribution in [3.05, 3.63) is 41.2 Å². The molecule has 0 aliphatic heterocycles. The normalized spacial score (nSPS) is 13.0. The number of likely N-dealkylation sites (N-methyl/N-ethyl adjacent to an activating group) is 1. The summed E-state index contributed by atoms with van der Waals surface area (Å²) in [6, 6.07) is 5.34. The summed E-state index contributed by atoms with van der Waals surface area (Å²) in [4.78, 5) is 23.2. The van der Waals surface area contributed by atoms with Crippen molar-refractivity contribution in [2.45, 2.75) is 12.8 Å². The number of fused-ring (bicyclic) bond motifs is 3. The lowest BCUT2D eigenvalue weighted by atomic mass is 10.00. The molecule has 2 N–H and O–H groups in total. The Hall–Kier alpha value is -2.56. The summed E-state index contributed by atoms with van der Waals surface area (Å²) >= 11 is 0. The molecular weight excluding hydrogens is 268 g/mol. The van der Waals surface area contributed by atoms with Gasteiger partial charge in [0.15, 0.2) is 0 Å². The van der Waals surface area contributed by atoms with E-state index in [1.54, 1.807) is 12.1 Å². The highest BCUT2D eigenvalue weighted by atomic mass is 16.3. The second-order valence-corrected chi connectivity index (χ2v) is 4.95. The number of furan rings is 1. The molecule has 5 nitrogen and oxygen atoms in total. The molecule has 0 saturated carbocycles. The Morgan fingerprint density at radius 3 is 3.00 bits per heavy atom. The summed E-state index contributed by atoms with van der Waals surface area (Å²) in [6.07, 6.45) is 5.96. The fraction of sp³-hybridized carbons (Fsp3) is 0.250. The van der Waals surface area contributed by atoms with Crippen molar-refractivity contribution >= 4 is 28.9 Å². The third-order valence-corrected chi connectivity index (χ3v) is 3.60. The minimum absolute atomic E-state index is 0.0282. The van der Waals surface area contributed by atoms with Gasteiger partial charge in [-0.25, -0.2) is 0 Å². The Balaban J connectivity index is 1.88. The summed E-state index contributed by atoms with van der Waals surface area (Å²) in [5.41, 5.74) is 2.47. The van der Waals surface area contributed by atoms with Crippen molar-refractivity contribution < 1.29 is 14.0 Å². The largest absolute Gasteiger partial charge is 0.456 e. The van der Waals surface area contributed by atoms with Gasteiger partial charge in [-0.15, -0.1) is 0 Å². The molecule has 3 rings (SSSR count). The van der Waals surface area contributed by atoms with E-state index in [1.807, 2.05) is 12.1 Å². The number of aryl methyl sites for hydroxylation is 1. The topological polar surface area (TPSA) is 71.3 Å². The zero-order valence-corrected chi connectivity index (χ0v) is 11.7. The van der Waals surface area contributed by atoms with Gasteiger partial charge in [0.25, 0.3) is 5.91 Å². The van der Waals surface area contributed by atoms with E-state index in [1.165, 1.54) is 7.05 Å². The highest BCUT2D eigenvalue weighted by molar-refractivity contribution is 6.00. The second kappa shape index (κ2) is 5.44. The summed E-state index contributed by atoms with van der Waals surface area (Å²) in [5, 5.41) is 6.03. The highest BCUT2D eigenvalue weighted by Gasteiger charge is 2.16. The average Bonchev–Trinajstić information content (AvgIpc) is 2.90. The lowest BCUT2D eigenvalue weighted by Gasteiger charge is -2.05. The lowest BCUT2D eigenvalue weighted by molar-refractivity contribution is -0.119. The van der Waals surface area contributed by atoms with Gasteiger partial charge < -0.3 is 15.1 Å². The van der Waals surface area contributed by atoms with Gasteiger partial charge in [0.05, 0.1) is 6.54 Å². The first-order chi connectivity index (χ1) is 10.2. The number of hydrogen-bond acceptors (Lipinski definition) is 3. The number of hydrogen-bond donors (Lipinski definition) is 2. The maximum absolute atomic E-state index is 12.1. The summed E-state index contributed by atoms with van der Waals surface area (Å²) in [7, 11) is 1.53. The molecule has 0 bridgehead atoms. The summed E-state index contributed by atoms with van der Waals surface area (Å²) in [6.45, 7) is -0.0282. The van der Waals surface area contributed by atoms with Crippen LogP contribution in [-0.2, 0) is 11.2 Å². The van der Waals surface area contributed by atoms with Gasteiger partial charge in [0, 0.05) is 23.6 Å². The van der Waals surface area contributed by atoms with Crippen molar-refractivity contribution in [1.29, 1.82) is 0 Å². The Labute approximate surface area is 122 Å². The molecule has 108 valence electrons. The molecule has 1 aliphatic rings. The molecule has 0 saturated heterocycles. The number of nitrogens with one attached hydrogen (secondary N) is 2. The van der Waals surface area contributed by atoms with Crippen molar-refractivity contribution in [2.24, 2.45) is 0 Å². The third-order valence-electron chi connectivity index (χ3n) is 3.60. The molecule has 1 aromatic heterocycles. The molecule has 1 heterocycles. The van der Waals surface area contributed by atoms with E-state index in [4.69, 9.17) is 4.42 Å². The number of rotatable bonds is 3. The van der Waals surface area contributed by atoms with Crippen LogP contribution in [0.15, 0.2) is 28.7 Å². The molecule has 0 radical (unpaired) electrons. The van der Waals surface area contributed by atoms with E-state index in [9.17, 15) is 9.59 Å². The molecule has 21 heavy (non-hydrogen) atoms. The molecule has 1 aromatic carbocycles. The van der Waals surface area contributed by atoms with Crippen molar-refractivity contribution in [3.63, 3.8) is 0 Å². The predicted octanol–water partition coefficient (Wildman–Crippen LogP) is 1.87. The standard InChI is InChI=1S/C16H16N2O3/c1-17-15(19)9-18-16(20)10-6-7-14-12(8-10)11-4-2-3-5-13(11)21-14/h3,5-8H,2,4,9H2,1H3,(H,17,19)(H,18,20). The van der Waals surface area contributed by atoms with Gasteiger partial charge in [-0.1, -0.05) is 6.08 Å². The summed E-state index contributed by atoms with van der Waals surface area (Å²) < 4.78 is 5.76.